The fourth-order valence-electron chi connectivity index (χ4n) is 2.18. The lowest BCUT2D eigenvalue weighted by Crippen LogP contribution is -2.50. The molecule has 1 atom stereocenters. The monoisotopic (exact) mass is 298 g/mol. The molecule has 94 valence electrons. The number of halogens is 1. The number of anilines is 1. The Morgan fingerprint density at radius 2 is 2.35 bits per heavy atom. The van der Waals surface area contributed by atoms with Crippen molar-refractivity contribution in [2.24, 2.45) is 0 Å². The molecule has 1 aromatic rings. The van der Waals surface area contributed by atoms with Crippen molar-refractivity contribution in [1.29, 1.82) is 0 Å². The Hall–Kier alpha value is -0.740. The second kappa shape index (κ2) is 5.74. The molecule has 1 unspecified atom stereocenters. The van der Waals surface area contributed by atoms with Gasteiger partial charge in [-0.05, 0) is 34.5 Å². The highest BCUT2D eigenvalue weighted by atomic mass is 79.9. The van der Waals surface area contributed by atoms with Gasteiger partial charge in [-0.2, -0.15) is 0 Å². The normalized spacial score (nSPS) is 20.4. The van der Waals surface area contributed by atoms with Crippen molar-refractivity contribution < 1.29 is 4.74 Å². The first kappa shape index (κ1) is 12.7. The maximum atomic E-state index is 5.34. The molecule has 1 heterocycles. The summed E-state index contributed by atoms with van der Waals surface area (Å²) in [4.78, 5) is 2.42. The van der Waals surface area contributed by atoms with E-state index in [1.165, 1.54) is 12.1 Å². The number of hydrogen-bond acceptors (Lipinski definition) is 3. The Bertz CT molecular complexity index is 384. The smallest absolute Gasteiger partial charge is 0.135 e. The molecule has 17 heavy (non-hydrogen) atoms. The van der Waals surface area contributed by atoms with Crippen molar-refractivity contribution in [3.8, 4) is 5.75 Å². The molecule has 3 nitrogen and oxygen atoms in total. The molecular formula is C13H19BrN2O. The van der Waals surface area contributed by atoms with E-state index in [-0.39, 0.29) is 0 Å². The summed E-state index contributed by atoms with van der Waals surface area (Å²) in [5, 5.41) is 3.53. The van der Waals surface area contributed by atoms with E-state index in [9.17, 15) is 0 Å². The SMILES string of the molecule is CCC1CN(c2ccc(Br)c(OC)c2)CCN1. The summed E-state index contributed by atoms with van der Waals surface area (Å²) in [6.45, 7) is 5.41. The van der Waals surface area contributed by atoms with Gasteiger partial charge in [0.2, 0.25) is 0 Å². The number of hydrogen-bond donors (Lipinski definition) is 1. The minimum atomic E-state index is 0.596. The van der Waals surface area contributed by atoms with Crippen molar-refractivity contribution in [1.82, 2.24) is 5.32 Å². The van der Waals surface area contributed by atoms with Crippen molar-refractivity contribution in [2.45, 2.75) is 19.4 Å². The zero-order valence-corrected chi connectivity index (χ0v) is 12.0. The zero-order chi connectivity index (χ0) is 12.3. The molecule has 1 fully saturated rings. The number of rotatable bonds is 3. The molecule has 0 aromatic heterocycles. The van der Waals surface area contributed by atoms with E-state index in [0.717, 1.165) is 29.9 Å². The van der Waals surface area contributed by atoms with E-state index >= 15 is 0 Å². The third kappa shape index (κ3) is 2.93. The van der Waals surface area contributed by atoms with Crippen LogP contribution in [0.5, 0.6) is 5.75 Å². The average molecular weight is 299 g/mol. The molecule has 2 rings (SSSR count). The van der Waals surface area contributed by atoms with Gasteiger partial charge in [-0.3, -0.25) is 0 Å². The Labute approximate surface area is 111 Å². The van der Waals surface area contributed by atoms with E-state index < -0.39 is 0 Å². The average Bonchev–Trinajstić information content (AvgIpc) is 2.39. The number of methoxy groups -OCH3 is 1. The Morgan fingerprint density at radius 1 is 1.53 bits per heavy atom. The third-order valence-corrected chi connectivity index (χ3v) is 3.90. The standard InChI is InChI=1S/C13H19BrN2O/c1-3-10-9-16(7-6-15-10)11-4-5-12(14)13(8-11)17-2/h4-5,8,10,15H,3,6-7,9H2,1-2H3. The summed E-state index contributed by atoms with van der Waals surface area (Å²) in [7, 11) is 1.70. The van der Waals surface area contributed by atoms with Gasteiger partial charge in [0, 0.05) is 37.4 Å². The molecule has 1 N–H and O–H groups in total. The first-order valence-electron chi connectivity index (χ1n) is 6.06. The molecule has 4 heteroatoms. The Balaban J connectivity index is 2.16. The summed E-state index contributed by atoms with van der Waals surface area (Å²) in [6, 6.07) is 6.89. The van der Waals surface area contributed by atoms with E-state index in [4.69, 9.17) is 4.74 Å². The quantitative estimate of drug-likeness (QED) is 0.928. The van der Waals surface area contributed by atoms with Crippen LogP contribution in [0.4, 0.5) is 5.69 Å². The van der Waals surface area contributed by atoms with Crippen molar-refractivity contribution >= 4 is 21.6 Å². The molecular weight excluding hydrogens is 280 g/mol. The van der Waals surface area contributed by atoms with E-state index in [1.54, 1.807) is 7.11 Å². The van der Waals surface area contributed by atoms with Gasteiger partial charge >= 0.3 is 0 Å². The van der Waals surface area contributed by atoms with E-state index in [2.05, 4.69) is 51.3 Å². The highest BCUT2D eigenvalue weighted by Gasteiger charge is 2.18. The van der Waals surface area contributed by atoms with Gasteiger partial charge in [0.15, 0.2) is 0 Å². The highest BCUT2D eigenvalue weighted by Crippen LogP contribution is 2.30. The number of nitrogens with zero attached hydrogens (tertiary/aromatic N) is 1. The van der Waals surface area contributed by atoms with E-state index in [1.807, 2.05) is 0 Å². The Kier molecular flexibility index (Phi) is 4.29. The first-order valence-corrected chi connectivity index (χ1v) is 6.85. The zero-order valence-electron chi connectivity index (χ0n) is 10.4. The van der Waals surface area contributed by atoms with Gasteiger partial charge in [-0.25, -0.2) is 0 Å². The lowest BCUT2D eigenvalue weighted by Gasteiger charge is -2.35. The molecule has 1 saturated heterocycles. The fourth-order valence-corrected chi connectivity index (χ4v) is 2.59. The predicted molar refractivity (Wildman–Crippen MR) is 75.0 cm³/mol. The van der Waals surface area contributed by atoms with Crippen LogP contribution < -0.4 is 15.0 Å². The maximum Gasteiger partial charge on any atom is 0.135 e. The highest BCUT2D eigenvalue weighted by molar-refractivity contribution is 9.10. The van der Waals surface area contributed by atoms with Gasteiger partial charge in [-0.15, -0.1) is 0 Å². The van der Waals surface area contributed by atoms with Crippen LogP contribution in [0.2, 0.25) is 0 Å². The third-order valence-electron chi connectivity index (χ3n) is 3.25. The lowest BCUT2D eigenvalue weighted by atomic mass is 10.1. The second-order valence-electron chi connectivity index (χ2n) is 4.32. The molecule has 1 aromatic carbocycles. The van der Waals surface area contributed by atoms with Gasteiger partial charge in [0.25, 0.3) is 0 Å². The topological polar surface area (TPSA) is 24.5 Å². The fraction of sp³-hybridized carbons (Fsp3) is 0.538. The van der Waals surface area contributed by atoms with Gasteiger partial charge in [0.1, 0.15) is 5.75 Å². The molecule has 0 spiro atoms. The lowest BCUT2D eigenvalue weighted by molar-refractivity contribution is 0.411. The van der Waals surface area contributed by atoms with Crippen LogP contribution in [0, 0.1) is 0 Å². The van der Waals surface area contributed by atoms with Crippen LogP contribution in [0.15, 0.2) is 22.7 Å². The molecule has 1 aliphatic heterocycles. The molecule has 0 aliphatic carbocycles. The van der Waals surface area contributed by atoms with Crippen molar-refractivity contribution in [3.63, 3.8) is 0 Å². The minimum absolute atomic E-state index is 0.596. The van der Waals surface area contributed by atoms with Crippen LogP contribution in [0.3, 0.4) is 0 Å². The number of benzene rings is 1. The predicted octanol–water partition coefficient (Wildman–Crippen LogP) is 2.65. The maximum absolute atomic E-state index is 5.34. The number of nitrogens with one attached hydrogen (secondary N) is 1. The summed E-state index contributed by atoms with van der Waals surface area (Å²) < 4.78 is 6.35. The first-order chi connectivity index (χ1) is 8.24. The molecule has 1 aliphatic rings. The Morgan fingerprint density at radius 3 is 3.06 bits per heavy atom. The van der Waals surface area contributed by atoms with Crippen LogP contribution in [-0.4, -0.2) is 32.8 Å². The van der Waals surface area contributed by atoms with Crippen LogP contribution in [0.1, 0.15) is 13.3 Å². The van der Waals surface area contributed by atoms with Crippen molar-refractivity contribution in [3.05, 3.63) is 22.7 Å². The minimum Gasteiger partial charge on any atom is -0.495 e. The van der Waals surface area contributed by atoms with Crippen LogP contribution in [-0.2, 0) is 0 Å². The summed E-state index contributed by atoms with van der Waals surface area (Å²) in [6.07, 6.45) is 1.17. The van der Waals surface area contributed by atoms with Crippen LogP contribution >= 0.6 is 15.9 Å². The van der Waals surface area contributed by atoms with Gasteiger partial charge in [-0.1, -0.05) is 6.92 Å². The number of ether oxygens (including phenoxy) is 1. The van der Waals surface area contributed by atoms with E-state index in [0.29, 0.717) is 6.04 Å². The molecule has 0 amide bonds. The number of piperazine rings is 1. The second-order valence-corrected chi connectivity index (χ2v) is 5.18. The molecule has 0 bridgehead atoms. The van der Waals surface area contributed by atoms with Gasteiger partial charge < -0.3 is 15.0 Å². The largest absolute Gasteiger partial charge is 0.495 e. The van der Waals surface area contributed by atoms with Crippen LogP contribution in [0.25, 0.3) is 0 Å². The summed E-state index contributed by atoms with van der Waals surface area (Å²) in [5.74, 6) is 0.897. The van der Waals surface area contributed by atoms with Gasteiger partial charge in [0.05, 0.1) is 11.6 Å². The molecule has 0 radical (unpaired) electrons. The summed E-state index contributed by atoms with van der Waals surface area (Å²) in [5.41, 5.74) is 1.24. The summed E-state index contributed by atoms with van der Waals surface area (Å²) >= 11 is 3.48. The van der Waals surface area contributed by atoms with Crippen molar-refractivity contribution in [2.75, 3.05) is 31.6 Å². The molecule has 0 saturated carbocycles.